The molecule has 0 radical (unpaired) electrons. The molecule has 3 atom stereocenters. The molecular weight excluding hydrogens is 232 g/mol. The van der Waals surface area contributed by atoms with Gasteiger partial charge in [0.2, 0.25) is 0 Å². The zero-order valence-corrected chi connectivity index (χ0v) is 13.2. The Morgan fingerprint density at radius 2 is 1.89 bits per heavy atom. The largest absolute Gasteiger partial charge is 0.329 e. The summed E-state index contributed by atoms with van der Waals surface area (Å²) in [6.07, 6.45) is 12.4. The Morgan fingerprint density at radius 1 is 1.05 bits per heavy atom. The number of rotatable bonds is 3. The fourth-order valence-corrected chi connectivity index (χ4v) is 4.26. The summed E-state index contributed by atoms with van der Waals surface area (Å²) >= 11 is 0. The molecule has 0 amide bonds. The van der Waals surface area contributed by atoms with Gasteiger partial charge in [0.05, 0.1) is 0 Å². The summed E-state index contributed by atoms with van der Waals surface area (Å²) < 4.78 is 0. The molecule has 0 bridgehead atoms. The van der Waals surface area contributed by atoms with E-state index < -0.39 is 0 Å². The molecule has 0 aromatic heterocycles. The fourth-order valence-electron chi connectivity index (χ4n) is 4.26. The summed E-state index contributed by atoms with van der Waals surface area (Å²) in [5.74, 6) is 1.87. The predicted molar refractivity (Wildman–Crippen MR) is 83.2 cm³/mol. The predicted octanol–water partition coefficient (Wildman–Crippen LogP) is 3.80. The highest BCUT2D eigenvalue weighted by atomic mass is 15.2. The number of hydrogen-bond donors (Lipinski definition) is 1. The fraction of sp³-hybridized carbons (Fsp3) is 1.00. The number of nitrogens with zero attached hydrogens (tertiary/aromatic N) is 1. The van der Waals surface area contributed by atoms with Gasteiger partial charge in [-0.1, -0.05) is 33.1 Å². The van der Waals surface area contributed by atoms with Crippen molar-refractivity contribution in [2.75, 3.05) is 19.6 Å². The van der Waals surface area contributed by atoms with Crippen LogP contribution in [-0.4, -0.2) is 30.1 Å². The molecular formula is C17H34N2. The van der Waals surface area contributed by atoms with Gasteiger partial charge in [-0.25, -0.2) is 0 Å². The SMILES string of the molecule is CCC1CCCC(CN)(N2CCCC(C)CC2)CC1. The van der Waals surface area contributed by atoms with Gasteiger partial charge in [-0.15, -0.1) is 0 Å². The van der Waals surface area contributed by atoms with Gasteiger partial charge in [-0.3, -0.25) is 4.90 Å². The molecule has 112 valence electrons. The molecule has 1 aliphatic heterocycles. The zero-order chi connectivity index (χ0) is 13.7. The highest BCUT2D eigenvalue weighted by molar-refractivity contribution is 4.95. The Hall–Kier alpha value is -0.0800. The van der Waals surface area contributed by atoms with Crippen LogP contribution in [0, 0.1) is 11.8 Å². The normalized spacial score (nSPS) is 38.7. The number of hydrogen-bond acceptors (Lipinski definition) is 2. The molecule has 0 aromatic rings. The van der Waals surface area contributed by atoms with Crippen molar-refractivity contribution >= 4 is 0 Å². The van der Waals surface area contributed by atoms with Crippen LogP contribution in [0.3, 0.4) is 0 Å². The van der Waals surface area contributed by atoms with Crippen molar-refractivity contribution in [2.24, 2.45) is 17.6 Å². The molecule has 1 saturated heterocycles. The second kappa shape index (κ2) is 7.08. The molecule has 2 aliphatic rings. The quantitative estimate of drug-likeness (QED) is 0.787. The third-order valence-electron chi connectivity index (χ3n) is 5.92. The third-order valence-corrected chi connectivity index (χ3v) is 5.92. The van der Waals surface area contributed by atoms with Crippen LogP contribution >= 0.6 is 0 Å². The van der Waals surface area contributed by atoms with Crippen molar-refractivity contribution in [1.29, 1.82) is 0 Å². The molecule has 2 heteroatoms. The van der Waals surface area contributed by atoms with E-state index in [1.807, 2.05) is 0 Å². The van der Waals surface area contributed by atoms with Gasteiger partial charge < -0.3 is 5.73 Å². The van der Waals surface area contributed by atoms with E-state index in [9.17, 15) is 0 Å². The van der Waals surface area contributed by atoms with Crippen LogP contribution in [0.5, 0.6) is 0 Å². The lowest BCUT2D eigenvalue weighted by molar-refractivity contribution is 0.0795. The van der Waals surface area contributed by atoms with E-state index in [0.29, 0.717) is 5.54 Å². The van der Waals surface area contributed by atoms with Crippen LogP contribution in [0.4, 0.5) is 0 Å². The van der Waals surface area contributed by atoms with E-state index in [4.69, 9.17) is 5.73 Å². The summed E-state index contributed by atoms with van der Waals surface area (Å²) in [6.45, 7) is 8.22. The monoisotopic (exact) mass is 266 g/mol. The first-order valence-corrected chi connectivity index (χ1v) is 8.65. The van der Waals surface area contributed by atoms with Crippen LogP contribution in [-0.2, 0) is 0 Å². The standard InChI is InChI=1S/C17H34N2/c1-3-16-7-4-10-17(14-18,11-8-16)19-12-5-6-15(2)9-13-19/h15-16H,3-14,18H2,1-2H3. The van der Waals surface area contributed by atoms with E-state index >= 15 is 0 Å². The Labute approximate surface area is 120 Å². The topological polar surface area (TPSA) is 29.3 Å². The maximum absolute atomic E-state index is 6.27. The van der Waals surface area contributed by atoms with Gasteiger partial charge in [-0.2, -0.15) is 0 Å². The summed E-state index contributed by atoms with van der Waals surface area (Å²) in [5, 5.41) is 0. The maximum atomic E-state index is 6.27. The minimum absolute atomic E-state index is 0.341. The first-order valence-electron chi connectivity index (χ1n) is 8.65. The first kappa shape index (κ1) is 15.3. The molecule has 2 N–H and O–H groups in total. The first-order chi connectivity index (χ1) is 9.20. The molecule has 19 heavy (non-hydrogen) atoms. The van der Waals surface area contributed by atoms with Gasteiger partial charge in [-0.05, 0) is 63.5 Å². The lowest BCUT2D eigenvalue weighted by atomic mass is 9.87. The van der Waals surface area contributed by atoms with Crippen LogP contribution in [0.1, 0.15) is 71.6 Å². The van der Waals surface area contributed by atoms with Gasteiger partial charge in [0, 0.05) is 12.1 Å². The van der Waals surface area contributed by atoms with Crippen molar-refractivity contribution < 1.29 is 0 Å². The van der Waals surface area contributed by atoms with E-state index in [-0.39, 0.29) is 0 Å². The van der Waals surface area contributed by atoms with E-state index in [1.165, 1.54) is 70.9 Å². The summed E-state index contributed by atoms with van der Waals surface area (Å²) in [5.41, 5.74) is 6.61. The minimum Gasteiger partial charge on any atom is -0.329 e. The van der Waals surface area contributed by atoms with Crippen molar-refractivity contribution in [3.8, 4) is 0 Å². The molecule has 3 unspecified atom stereocenters. The van der Waals surface area contributed by atoms with E-state index in [0.717, 1.165) is 18.4 Å². The van der Waals surface area contributed by atoms with Gasteiger partial charge >= 0.3 is 0 Å². The van der Waals surface area contributed by atoms with Gasteiger partial charge in [0.15, 0.2) is 0 Å². The smallest absolute Gasteiger partial charge is 0.0331 e. The Bertz CT molecular complexity index is 266. The molecule has 0 spiro atoms. The average molecular weight is 266 g/mol. The van der Waals surface area contributed by atoms with Crippen LogP contribution in [0.2, 0.25) is 0 Å². The highest BCUT2D eigenvalue weighted by Gasteiger charge is 2.37. The van der Waals surface area contributed by atoms with Gasteiger partial charge in [0.25, 0.3) is 0 Å². The van der Waals surface area contributed by atoms with Gasteiger partial charge in [0.1, 0.15) is 0 Å². The van der Waals surface area contributed by atoms with Crippen molar-refractivity contribution in [2.45, 2.75) is 77.2 Å². The zero-order valence-electron chi connectivity index (χ0n) is 13.2. The molecule has 0 aromatic carbocycles. The molecule has 2 nitrogen and oxygen atoms in total. The summed E-state index contributed by atoms with van der Waals surface area (Å²) in [4.78, 5) is 2.79. The second-order valence-corrected chi connectivity index (χ2v) is 7.16. The average Bonchev–Trinajstić information content (AvgIpc) is 2.77. The van der Waals surface area contributed by atoms with Crippen LogP contribution in [0.25, 0.3) is 0 Å². The van der Waals surface area contributed by atoms with Crippen molar-refractivity contribution in [3.63, 3.8) is 0 Å². The molecule has 1 heterocycles. The molecule has 1 aliphatic carbocycles. The molecule has 1 saturated carbocycles. The molecule has 2 rings (SSSR count). The Balaban J connectivity index is 2.03. The van der Waals surface area contributed by atoms with E-state index in [1.54, 1.807) is 0 Å². The Kier molecular flexibility index (Phi) is 5.70. The lowest BCUT2D eigenvalue weighted by Gasteiger charge is -2.43. The van der Waals surface area contributed by atoms with Crippen LogP contribution < -0.4 is 5.73 Å². The minimum atomic E-state index is 0.341. The number of nitrogens with two attached hydrogens (primary N) is 1. The molecule has 2 fully saturated rings. The maximum Gasteiger partial charge on any atom is 0.0331 e. The Morgan fingerprint density at radius 3 is 2.63 bits per heavy atom. The lowest BCUT2D eigenvalue weighted by Crippen LogP contribution is -2.54. The highest BCUT2D eigenvalue weighted by Crippen LogP contribution is 2.37. The summed E-state index contributed by atoms with van der Waals surface area (Å²) in [6, 6.07) is 0. The third kappa shape index (κ3) is 3.72. The van der Waals surface area contributed by atoms with E-state index in [2.05, 4.69) is 18.7 Å². The second-order valence-electron chi connectivity index (χ2n) is 7.16. The van der Waals surface area contributed by atoms with Crippen LogP contribution in [0.15, 0.2) is 0 Å². The van der Waals surface area contributed by atoms with Crippen molar-refractivity contribution in [3.05, 3.63) is 0 Å². The summed E-state index contributed by atoms with van der Waals surface area (Å²) in [7, 11) is 0. The number of likely N-dealkylation sites (tertiary alicyclic amines) is 1. The van der Waals surface area contributed by atoms with Crippen molar-refractivity contribution in [1.82, 2.24) is 4.90 Å².